The molecular formula is C19H16Cl2N4. The summed E-state index contributed by atoms with van der Waals surface area (Å²) in [5.74, 6) is 0.605. The van der Waals surface area contributed by atoms with Crippen molar-refractivity contribution in [3.05, 3.63) is 68.7 Å². The van der Waals surface area contributed by atoms with Crippen LogP contribution in [0.3, 0.4) is 0 Å². The van der Waals surface area contributed by atoms with Crippen molar-refractivity contribution in [1.29, 1.82) is 0 Å². The Balaban J connectivity index is 1.82. The maximum atomic E-state index is 6.33. The number of hydrogen-bond acceptors (Lipinski definition) is 3. The lowest BCUT2D eigenvalue weighted by Crippen LogP contribution is -2.07. The third-order valence-corrected chi connectivity index (χ3v) is 4.83. The van der Waals surface area contributed by atoms with E-state index >= 15 is 0 Å². The van der Waals surface area contributed by atoms with E-state index in [0.29, 0.717) is 16.0 Å². The van der Waals surface area contributed by atoms with Gasteiger partial charge < -0.3 is 0 Å². The lowest BCUT2D eigenvalue weighted by atomic mass is 10.1. The molecule has 0 atom stereocenters. The van der Waals surface area contributed by atoms with Gasteiger partial charge in [0.25, 0.3) is 5.95 Å². The zero-order valence-corrected chi connectivity index (χ0v) is 15.4. The van der Waals surface area contributed by atoms with Crippen molar-refractivity contribution in [3.63, 3.8) is 0 Å². The Morgan fingerprint density at radius 2 is 1.80 bits per heavy atom. The van der Waals surface area contributed by atoms with Gasteiger partial charge in [0, 0.05) is 21.4 Å². The van der Waals surface area contributed by atoms with Crippen LogP contribution in [-0.2, 0) is 6.42 Å². The summed E-state index contributed by atoms with van der Waals surface area (Å²) < 4.78 is 1.83. The molecule has 0 saturated carbocycles. The van der Waals surface area contributed by atoms with Gasteiger partial charge in [-0.25, -0.2) is 9.97 Å². The molecule has 25 heavy (non-hydrogen) atoms. The minimum atomic E-state index is 0.605. The van der Waals surface area contributed by atoms with E-state index < -0.39 is 0 Å². The Hall–Kier alpha value is -2.17. The molecule has 0 unspecified atom stereocenters. The molecule has 0 fully saturated rings. The third kappa shape index (κ3) is 3.08. The topological polar surface area (TPSA) is 43.6 Å². The molecule has 2 aromatic heterocycles. The molecule has 0 bridgehead atoms. The summed E-state index contributed by atoms with van der Waals surface area (Å²) in [5.41, 5.74) is 6.25. The third-order valence-electron chi connectivity index (χ3n) is 4.27. The van der Waals surface area contributed by atoms with Crippen molar-refractivity contribution in [1.82, 2.24) is 19.7 Å². The molecule has 3 aromatic rings. The molecule has 0 spiro atoms. The Morgan fingerprint density at radius 3 is 2.52 bits per heavy atom. The minimum Gasteiger partial charge on any atom is -0.216 e. The van der Waals surface area contributed by atoms with Crippen LogP contribution in [0, 0.1) is 13.8 Å². The highest BCUT2D eigenvalue weighted by atomic mass is 35.5. The van der Waals surface area contributed by atoms with E-state index in [1.54, 1.807) is 6.07 Å². The molecule has 1 aromatic carbocycles. The summed E-state index contributed by atoms with van der Waals surface area (Å²) in [7, 11) is 0. The van der Waals surface area contributed by atoms with E-state index in [-0.39, 0.29) is 0 Å². The van der Waals surface area contributed by atoms with Gasteiger partial charge in [-0.15, -0.1) is 0 Å². The molecule has 1 aliphatic rings. The predicted octanol–water partition coefficient (Wildman–Crippen LogP) is 5.07. The summed E-state index contributed by atoms with van der Waals surface area (Å²) >= 11 is 12.3. The molecule has 4 nitrogen and oxygen atoms in total. The molecule has 0 saturated heterocycles. The summed E-state index contributed by atoms with van der Waals surface area (Å²) in [6.07, 6.45) is 5.90. The average Bonchev–Trinajstić information content (AvgIpc) is 3.12. The number of hydrogen-bond donors (Lipinski definition) is 0. The van der Waals surface area contributed by atoms with Crippen molar-refractivity contribution >= 4 is 34.9 Å². The molecule has 126 valence electrons. The highest BCUT2D eigenvalue weighted by Crippen LogP contribution is 2.36. The van der Waals surface area contributed by atoms with Crippen molar-refractivity contribution in [2.45, 2.75) is 26.7 Å². The van der Waals surface area contributed by atoms with Gasteiger partial charge in [0.05, 0.1) is 11.9 Å². The lowest BCUT2D eigenvalue weighted by Gasteiger charge is -2.08. The molecule has 0 amide bonds. The van der Waals surface area contributed by atoms with Crippen molar-refractivity contribution in [2.75, 3.05) is 0 Å². The molecule has 0 N–H and O–H groups in total. The highest BCUT2D eigenvalue weighted by Gasteiger charge is 2.24. The zero-order chi connectivity index (χ0) is 17.6. The van der Waals surface area contributed by atoms with Gasteiger partial charge in [0.2, 0.25) is 0 Å². The molecule has 1 aliphatic carbocycles. The van der Waals surface area contributed by atoms with Crippen molar-refractivity contribution in [3.8, 4) is 5.95 Å². The van der Waals surface area contributed by atoms with Crippen LogP contribution in [0.5, 0.6) is 0 Å². The number of allylic oxidation sites excluding steroid dienone is 1. The molecule has 2 heterocycles. The van der Waals surface area contributed by atoms with Crippen LogP contribution < -0.4 is 0 Å². The van der Waals surface area contributed by atoms with Crippen LogP contribution in [0.2, 0.25) is 10.0 Å². The van der Waals surface area contributed by atoms with Crippen molar-refractivity contribution < 1.29 is 0 Å². The van der Waals surface area contributed by atoms with Gasteiger partial charge in [-0.1, -0.05) is 29.3 Å². The summed E-state index contributed by atoms with van der Waals surface area (Å²) in [6, 6.07) is 7.50. The first-order valence-corrected chi connectivity index (χ1v) is 8.82. The van der Waals surface area contributed by atoms with Gasteiger partial charge in [-0.2, -0.15) is 9.78 Å². The van der Waals surface area contributed by atoms with Crippen LogP contribution in [0.25, 0.3) is 17.6 Å². The number of aryl methyl sites for hydroxylation is 3. The maximum Gasteiger partial charge on any atom is 0.251 e. The Kier molecular flexibility index (Phi) is 4.10. The second-order valence-electron chi connectivity index (χ2n) is 6.22. The fraction of sp³-hybridized carbons (Fsp3) is 0.211. The van der Waals surface area contributed by atoms with Gasteiger partial charge in [-0.3, -0.25) is 0 Å². The van der Waals surface area contributed by atoms with E-state index in [1.165, 1.54) is 11.1 Å². The van der Waals surface area contributed by atoms with Crippen LogP contribution in [-0.4, -0.2) is 19.7 Å². The smallest absolute Gasteiger partial charge is 0.216 e. The van der Waals surface area contributed by atoms with Gasteiger partial charge in [-0.05, 0) is 67.7 Å². The number of benzene rings is 1. The Bertz CT molecular complexity index is 984. The second kappa shape index (κ2) is 6.28. The van der Waals surface area contributed by atoms with Gasteiger partial charge >= 0.3 is 0 Å². The van der Waals surface area contributed by atoms with E-state index in [2.05, 4.69) is 21.1 Å². The van der Waals surface area contributed by atoms with E-state index in [4.69, 9.17) is 23.2 Å². The fourth-order valence-electron chi connectivity index (χ4n) is 3.20. The first kappa shape index (κ1) is 16.3. The Morgan fingerprint density at radius 1 is 1.04 bits per heavy atom. The van der Waals surface area contributed by atoms with E-state index in [9.17, 15) is 0 Å². The standard InChI is InChI=1S/C19H16Cl2N4/c1-11-7-12(2)24-19(23-11)25-18-14(3-4-15(18)10-22-25)8-13-5-6-16(20)9-17(13)21/h5-10H,3-4H2,1-2H3/b14-8-. The van der Waals surface area contributed by atoms with Crippen LogP contribution >= 0.6 is 23.2 Å². The van der Waals surface area contributed by atoms with Crippen LogP contribution in [0.15, 0.2) is 30.5 Å². The fourth-order valence-corrected chi connectivity index (χ4v) is 3.66. The highest BCUT2D eigenvalue weighted by molar-refractivity contribution is 6.35. The van der Waals surface area contributed by atoms with Gasteiger partial charge in [0.1, 0.15) is 0 Å². The summed E-state index contributed by atoms with van der Waals surface area (Å²) in [6.45, 7) is 3.93. The Labute approximate surface area is 156 Å². The first-order valence-electron chi connectivity index (χ1n) is 8.07. The predicted molar refractivity (Wildman–Crippen MR) is 101 cm³/mol. The quantitative estimate of drug-likeness (QED) is 0.632. The molecule has 0 aliphatic heterocycles. The molecule has 0 radical (unpaired) electrons. The number of aromatic nitrogens is 4. The van der Waals surface area contributed by atoms with Gasteiger partial charge in [0.15, 0.2) is 0 Å². The number of rotatable bonds is 2. The van der Waals surface area contributed by atoms with E-state index in [0.717, 1.165) is 35.5 Å². The van der Waals surface area contributed by atoms with Crippen LogP contribution in [0.4, 0.5) is 0 Å². The average molecular weight is 371 g/mol. The normalized spacial score (nSPS) is 15.0. The minimum absolute atomic E-state index is 0.605. The molecule has 4 rings (SSSR count). The van der Waals surface area contributed by atoms with Crippen LogP contribution in [0.1, 0.15) is 34.6 Å². The van der Waals surface area contributed by atoms with Crippen molar-refractivity contribution in [2.24, 2.45) is 0 Å². The summed E-state index contributed by atoms with van der Waals surface area (Å²) in [5, 5.41) is 5.79. The SMILES string of the molecule is Cc1cc(C)nc(-n2ncc3c2/C(=C\c2ccc(Cl)cc2Cl)CC3)n1. The number of fused-ring (bicyclic) bond motifs is 1. The zero-order valence-electron chi connectivity index (χ0n) is 13.9. The number of halogens is 2. The largest absolute Gasteiger partial charge is 0.251 e. The number of nitrogens with zero attached hydrogens (tertiary/aromatic N) is 4. The maximum absolute atomic E-state index is 6.33. The lowest BCUT2D eigenvalue weighted by molar-refractivity contribution is 0.784. The first-order chi connectivity index (χ1) is 12.0. The monoisotopic (exact) mass is 370 g/mol. The van der Waals surface area contributed by atoms with E-state index in [1.807, 2.05) is 42.9 Å². The molecule has 6 heteroatoms. The second-order valence-corrected chi connectivity index (χ2v) is 7.06. The summed E-state index contributed by atoms with van der Waals surface area (Å²) in [4.78, 5) is 9.09. The molecular weight excluding hydrogens is 355 g/mol.